The summed E-state index contributed by atoms with van der Waals surface area (Å²) < 4.78 is 5.64. The highest BCUT2D eigenvalue weighted by Gasteiger charge is 2.17. The van der Waals surface area contributed by atoms with Gasteiger partial charge in [-0.15, -0.1) is 0 Å². The van der Waals surface area contributed by atoms with Gasteiger partial charge in [0, 0.05) is 38.6 Å². The van der Waals surface area contributed by atoms with E-state index in [2.05, 4.69) is 41.5 Å². The molecule has 3 nitrogen and oxygen atoms in total. The molecule has 1 aromatic carbocycles. The van der Waals surface area contributed by atoms with E-state index in [0.717, 1.165) is 18.8 Å². The lowest BCUT2D eigenvalue weighted by Gasteiger charge is -2.23. The molecule has 1 atom stereocenters. The van der Waals surface area contributed by atoms with E-state index < -0.39 is 0 Å². The van der Waals surface area contributed by atoms with Gasteiger partial charge in [0.25, 0.3) is 0 Å². The van der Waals surface area contributed by atoms with E-state index in [-0.39, 0.29) is 0 Å². The second kappa shape index (κ2) is 5.21. The lowest BCUT2D eigenvalue weighted by molar-refractivity contribution is 0.116. The van der Waals surface area contributed by atoms with Gasteiger partial charge in [-0.2, -0.15) is 0 Å². The van der Waals surface area contributed by atoms with E-state index in [0.29, 0.717) is 6.10 Å². The van der Waals surface area contributed by atoms with Crippen LogP contribution in [0.15, 0.2) is 24.3 Å². The van der Waals surface area contributed by atoms with Crippen molar-refractivity contribution in [1.82, 2.24) is 0 Å². The predicted molar refractivity (Wildman–Crippen MR) is 68.2 cm³/mol. The van der Waals surface area contributed by atoms with E-state index in [1.807, 2.05) is 7.05 Å². The molecule has 0 radical (unpaired) electrons. The Balaban J connectivity index is 1.98. The van der Waals surface area contributed by atoms with Gasteiger partial charge < -0.3 is 15.0 Å². The summed E-state index contributed by atoms with van der Waals surface area (Å²) in [5, 5.41) is 3.16. The molecule has 0 aromatic heterocycles. The number of ether oxygens (including phenoxy) is 1. The maximum Gasteiger partial charge on any atom is 0.0750 e. The SMILES string of the molecule is CNc1cccc(N(C)CC2CCCO2)c1. The Morgan fingerprint density at radius 3 is 3.06 bits per heavy atom. The Morgan fingerprint density at radius 2 is 2.38 bits per heavy atom. The Labute approximate surface area is 97.4 Å². The van der Waals surface area contributed by atoms with Crippen molar-refractivity contribution in [3.63, 3.8) is 0 Å². The second-order valence-electron chi connectivity index (χ2n) is 4.32. The first-order valence-electron chi connectivity index (χ1n) is 5.90. The molecular formula is C13H20N2O. The van der Waals surface area contributed by atoms with Crippen molar-refractivity contribution in [2.45, 2.75) is 18.9 Å². The van der Waals surface area contributed by atoms with Gasteiger partial charge in [0.1, 0.15) is 0 Å². The topological polar surface area (TPSA) is 24.5 Å². The zero-order chi connectivity index (χ0) is 11.4. The first-order chi connectivity index (χ1) is 7.79. The molecule has 88 valence electrons. The van der Waals surface area contributed by atoms with Gasteiger partial charge >= 0.3 is 0 Å². The minimum atomic E-state index is 0.406. The molecule has 0 spiro atoms. The minimum absolute atomic E-state index is 0.406. The van der Waals surface area contributed by atoms with Gasteiger partial charge in [0.05, 0.1) is 6.10 Å². The van der Waals surface area contributed by atoms with Crippen molar-refractivity contribution >= 4 is 11.4 Å². The van der Waals surface area contributed by atoms with Crippen LogP contribution in [0.3, 0.4) is 0 Å². The fourth-order valence-electron chi connectivity index (χ4n) is 2.10. The number of rotatable bonds is 4. The third-order valence-electron chi connectivity index (χ3n) is 3.08. The van der Waals surface area contributed by atoms with Crippen molar-refractivity contribution in [2.75, 3.05) is 37.5 Å². The average Bonchev–Trinajstić information content (AvgIpc) is 2.82. The number of nitrogens with zero attached hydrogens (tertiary/aromatic N) is 1. The molecule has 0 saturated carbocycles. The Bertz CT molecular complexity index is 334. The molecule has 1 aromatic rings. The zero-order valence-electron chi connectivity index (χ0n) is 10.1. The molecule has 1 aliphatic rings. The van der Waals surface area contributed by atoms with E-state index >= 15 is 0 Å². The third-order valence-corrected chi connectivity index (χ3v) is 3.08. The normalized spacial score (nSPS) is 19.8. The van der Waals surface area contributed by atoms with Gasteiger partial charge in [-0.1, -0.05) is 6.07 Å². The first kappa shape index (κ1) is 11.3. The van der Waals surface area contributed by atoms with Crippen LogP contribution in [0, 0.1) is 0 Å². The monoisotopic (exact) mass is 220 g/mol. The van der Waals surface area contributed by atoms with E-state index in [1.165, 1.54) is 18.5 Å². The quantitative estimate of drug-likeness (QED) is 0.843. The number of nitrogens with one attached hydrogen (secondary N) is 1. The number of hydrogen-bond acceptors (Lipinski definition) is 3. The number of likely N-dealkylation sites (N-methyl/N-ethyl adjacent to an activating group) is 1. The van der Waals surface area contributed by atoms with Crippen molar-refractivity contribution < 1.29 is 4.74 Å². The first-order valence-corrected chi connectivity index (χ1v) is 5.90. The number of anilines is 2. The zero-order valence-corrected chi connectivity index (χ0v) is 10.1. The minimum Gasteiger partial charge on any atom is -0.388 e. The fraction of sp³-hybridized carbons (Fsp3) is 0.538. The van der Waals surface area contributed by atoms with Crippen LogP contribution in [-0.2, 0) is 4.74 Å². The highest BCUT2D eigenvalue weighted by Crippen LogP contribution is 2.20. The Hall–Kier alpha value is -1.22. The maximum atomic E-state index is 5.64. The summed E-state index contributed by atoms with van der Waals surface area (Å²) in [5.41, 5.74) is 2.39. The molecule has 1 heterocycles. The summed E-state index contributed by atoms with van der Waals surface area (Å²) in [5.74, 6) is 0. The summed E-state index contributed by atoms with van der Waals surface area (Å²) in [6, 6.07) is 8.45. The number of hydrogen-bond donors (Lipinski definition) is 1. The standard InChI is InChI=1S/C13H20N2O/c1-14-11-5-3-6-12(9-11)15(2)10-13-7-4-8-16-13/h3,5-6,9,13-14H,4,7-8,10H2,1-2H3. The molecule has 1 saturated heterocycles. The van der Waals surface area contributed by atoms with Gasteiger partial charge in [-0.05, 0) is 31.0 Å². The summed E-state index contributed by atoms with van der Waals surface area (Å²) >= 11 is 0. The van der Waals surface area contributed by atoms with Crippen molar-refractivity contribution in [2.24, 2.45) is 0 Å². The van der Waals surface area contributed by atoms with Crippen molar-refractivity contribution in [3.05, 3.63) is 24.3 Å². The smallest absolute Gasteiger partial charge is 0.0750 e. The van der Waals surface area contributed by atoms with Gasteiger partial charge in [-0.25, -0.2) is 0 Å². The van der Waals surface area contributed by atoms with Crippen LogP contribution in [0.25, 0.3) is 0 Å². The van der Waals surface area contributed by atoms with Gasteiger partial charge in [-0.3, -0.25) is 0 Å². The molecule has 16 heavy (non-hydrogen) atoms. The molecular weight excluding hydrogens is 200 g/mol. The molecule has 1 N–H and O–H groups in total. The largest absolute Gasteiger partial charge is 0.388 e. The van der Waals surface area contributed by atoms with E-state index in [1.54, 1.807) is 0 Å². The van der Waals surface area contributed by atoms with Crippen LogP contribution in [0.4, 0.5) is 11.4 Å². The summed E-state index contributed by atoms with van der Waals surface area (Å²) in [6.45, 7) is 1.90. The molecule has 0 amide bonds. The molecule has 1 aliphatic heterocycles. The lowest BCUT2D eigenvalue weighted by Crippen LogP contribution is -2.28. The predicted octanol–water partition coefficient (Wildman–Crippen LogP) is 2.34. The molecule has 3 heteroatoms. The number of benzene rings is 1. The van der Waals surface area contributed by atoms with Gasteiger partial charge in [0.2, 0.25) is 0 Å². The average molecular weight is 220 g/mol. The van der Waals surface area contributed by atoms with Gasteiger partial charge in [0.15, 0.2) is 0 Å². The van der Waals surface area contributed by atoms with E-state index in [9.17, 15) is 0 Å². The second-order valence-corrected chi connectivity index (χ2v) is 4.32. The molecule has 0 aliphatic carbocycles. The van der Waals surface area contributed by atoms with Crippen LogP contribution in [0.5, 0.6) is 0 Å². The summed E-state index contributed by atoms with van der Waals surface area (Å²) in [6.07, 6.45) is 2.80. The fourth-order valence-corrected chi connectivity index (χ4v) is 2.10. The van der Waals surface area contributed by atoms with Crippen LogP contribution in [-0.4, -0.2) is 33.4 Å². The molecule has 1 fully saturated rings. The van der Waals surface area contributed by atoms with Crippen LogP contribution < -0.4 is 10.2 Å². The maximum absolute atomic E-state index is 5.64. The van der Waals surface area contributed by atoms with Crippen molar-refractivity contribution in [3.8, 4) is 0 Å². The van der Waals surface area contributed by atoms with Crippen LogP contribution >= 0.6 is 0 Å². The van der Waals surface area contributed by atoms with Crippen LogP contribution in [0.1, 0.15) is 12.8 Å². The van der Waals surface area contributed by atoms with Crippen LogP contribution in [0.2, 0.25) is 0 Å². The molecule has 2 rings (SSSR count). The van der Waals surface area contributed by atoms with E-state index in [4.69, 9.17) is 4.74 Å². The summed E-state index contributed by atoms with van der Waals surface area (Å²) in [4.78, 5) is 2.26. The highest BCUT2D eigenvalue weighted by molar-refractivity contribution is 5.57. The third kappa shape index (κ3) is 2.67. The van der Waals surface area contributed by atoms with Crippen molar-refractivity contribution in [1.29, 1.82) is 0 Å². The Morgan fingerprint density at radius 1 is 1.50 bits per heavy atom. The Kier molecular flexibility index (Phi) is 3.67. The lowest BCUT2D eigenvalue weighted by atomic mass is 10.2. The highest BCUT2D eigenvalue weighted by atomic mass is 16.5. The molecule has 0 bridgehead atoms. The summed E-state index contributed by atoms with van der Waals surface area (Å²) in [7, 11) is 4.07. The molecule has 1 unspecified atom stereocenters.